The van der Waals surface area contributed by atoms with E-state index in [4.69, 9.17) is 21.1 Å². The van der Waals surface area contributed by atoms with E-state index < -0.39 is 23.4 Å². The number of halogens is 2. The van der Waals surface area contributed by atoms with Gasteiger partial charge in [-0.25, -0.2) is 9.18 Å². The van der Waals surface area contributed by atoms with E-state index in [-0.39, 0.29) is 6.10 Å². The molecule has 0 aromatic heterocycles. The first kappa shape index (κ1) is 20.3. The van der Waals surface area contributed by atoms with Crippen molar-refractivity contribution in [3.05, 3.63) is 46.7 Å². The van der Waals surface area contributed by atoms with E-state index >= 15 is 0 Å². The van der Waals surface area contributed by atoms with Crippen LogP contribution in [0, 0.1) is 11.2 Å². The van der Waals surface area contributed by atoms with Gasteiger partial charge in [0.2, 0.25) is 0 Å². The summed E-state index contributed by atoms with van der Waals surface area (Å²) in [5.74, 6) is 0.501. The first-order chi connectivity index (χ1) is 13.1. The number of nitrogens with one attached hydrogen (secondary N) is 1. The van der Waals surface area contributed by atoms with E-state index in [0.29, 0.717) is 39.8 Å². The van der Waals surface area contributed by atoms with Crippen LogP contribution in [0.4, 0.5) is 9.18 Å². The zero-order valence-electron chi connectivity index (χ0n) is 16.2. The lowest BCUT2D eigenvalue weighted by Gasteiger charge is -2.39. The molecule has 2 aromatic rings. The van der Waals surface area contributed by atoms with Crippen LogP contribution in [0.25, 0.3) is 11.1 Å². The lowest BCUT2D eigenvalue weighted by Crippen LogP contribution is -2.43. The number of ether oxygens (including phenoxy) is 2. The van der Waals surface area contributed by atoms with Crippen LogP contribution < -0.4 is 14.8 Å². The summed E-state index contributed by atoms with van der Waals surface area (Å²) in [5.41, 5.74) is 0.868. The average molecular weight is 408 g/mol. The second-order valence-corrected chi connectivity index (χ2v) is 8.25. The Morgan fingerprint density at radius 1 is 1.36 bits per heavy atom. The van der Waals surface area contributed by atoms with E-state index in [0.717, 1.165) is 0 Å². The first-order valence-electron chi connectivity index (χ1n) is 9.01. The molecule has 0 saturated heterocycles. The van der Waals surface area contributed by atoms with Crippen molar-refractivity contribution < 1.29 is 23.8 Å². The van der Waals surface area contributed by atoms with Crippen LogP contribution in [0.2, 0.25) is 5.02 Å². The molecule has 0 aliphatic carbocycles. The summed E-state index contributed by atoms with van der Waals surface area (Å²) >= 11 is 6.28. The minimum atomic E-state index is -1.16. The molecule has 28 heavy (non-hydrogen) atoms. The molecule has 5 nitrogen and oxygen atoms in total. The smallest absolute Gasteiger partial charge is 0.405 e. The van der Waals surface area contributed by atoms with Crippen LogP contribution in [0.15, 0.2) is 30.3 Å². The van der Waals surface area contributed by atoms with Gasteiger partial charge in [-0.2, -0.15) is 0 Å². The minimum absolute atomic E-state index is 0.0285. The van der Waals surface area contributed by atoms with Gasteiger partial charge in [0.1, 0.15) is 17.3 Å². The fourth-order valence-electron chi connectivity index (χ4n) is 3.32. The van der Waals surface area contributed by atoms with Gasteiger partial charge in [-0.1, -0.05) is 31.5 Å². The molecule has 150 valence electrons. The lowest BCUT2D eigenvalue weighted by atomic mass is 9.78. The molecule has 3 rings (SSSR count). The molecule has 0 radical (unpaired) electrons. The summed E-state index contributed by atoms with van der Waals surface area (Å²) in [6.07, 6.45) is -1.19. The van der Waals surface area contributed by atoms with Gasteiger partial charge in [-0.05, 0) is 43.7 Å². The second-order valence-electron chi connectivity index (χ2n) is 7.84. The van der Waals surface area contributed by atoms with Crippen LogP contribution >= 0.6 is 11.6 Å². The topological polar surface area (TPSA) is 67.8 Å². The highest BCUT2D eigenvalue weighted by Crippen LogP contribution is 2.45. The Morgan fingerprint density at radius 3 is 2.68 bits per heavy atom. The normalized spacial score (nSPS) is 17.6. The molecule has 0 spiro atoms. The third-order valence-corrected chi connectivity index (χ3v) is 4.96. The first-order valence-corrected chi connectivity index (χ1v) is 9.38. The second kappa shape index (κ2) is 7.51. The van der Waals surface area contributed by atoms with Gasteiger partial charge in [0.25, 0.3) is 0 Å². The third-order valence-electron chi connectivity index (χ3n) is 4.67. The Morgan fingerprint density at radius 2 is 2.07 bits per heavy atom. The molecule has 1 aliphatic rings. The molecule has 1 amide bonds. The van der Waals surface area contributed by atoms with Gasteiger partial charge in [-0.3, -0.25) is 0 Å². The van der Waals surface area contributed by atoms with E-state index in [2.05, 4.69) is 5.32 Å². The van der Waals surface area contributed by atoms with Crippen molar-refractivity contribution in [2.45, 2.75) is 39.8 Å². The van der Waals surface area contributed by atoms with Crippen molar-refractivity contribution in [2.75, 3.05) is 6.61 Å². The molecule has 7 heteroatoms. The monoisotopic (exact) mass is 407 g/mol. The maximum absolute atomic E-state index is 15.0. The Bertz CT molecular complexity index is 914. The number of rotatable bonds is 4. The van der Waals surface area contributed by atoms with Gasteiger partial charge >= 0.3 is 6.09 Å². The van der Waals surface area contributed by atoms with Crippen LogP contribution in [-0.4, -0.2) is 23.9 Å². The summed E-state index contributed by atoms with van der Waals surface area (Å²) < 4.78 is 26.4. The van der Waals surface area contributed by atoms with Crippen molar-refractivity contribution in [2.24, 2.45) is 5.41 Å². The van der Waals surface area contributed by atoms with E-state index in [9.17, 15) is 14.3 Å². The molecule has 1 aliphatic heterocycles. The van der Waals surface area contributed by atoms with Gasteiger partial charge in [0, 0.05) is 16.5 Å². The molecular formula is C21H23ClFNO4. The zero-order chi connectivity index (χ0) is 20.6. The third kappa shape index (κ3) is 4.02. The molecule has 0 saturated carbocycles. The number of amides is 1. The Kier molecular flexibility index (Phi) is 5.44. The maximum atomic E-state index is 15.0. The summed E-state index contributed by atoms with van der Waals surface area (Å²) in [5, 5.41) is 12.0. The van der Waals surface area contributed by atoms with Gasteiger partial charge in [0.05, 0.1) is 23.8 Å². The predicted octanol–water partition coefficient (Wildman–Crippen LogP) is 5.66. The number of hydrogen-bond donors (Lipinski definition) is 2. The van der Waals surface area contributed by atoms with Crippen molar-refractivity contribution in [1.29, 1.82) is 0 Å². The average Bonchev–Trinajstić information content (AvgIpc) is 2.59. The number of carboxylic acid groups (broad SMARTS) is 1. The number of hydrogen-bond acceptors (Lipinski definition) is 3. The number of benzene rings is 2. The maximum Gasteiger partial charge on any atom is 0.405 e. The molecular weight excluding hydrogens is 385 g/mol. The Labute approximate surface area is 168 Å². The van der Waals surface area contributed by atoms with Crippen molar-refractivity contribution >= 4 is 17.7 Å². The van der Waals surface area contributed by atoms with Crippen LogP contribution in [-0.2, 0) is 0 Å². The largest absolute Gasteiger partial charge is 0.493 e. The highest BCUT2D eigenvalue weighted by molar-refractivity contribution is 6.32. The summed E-state index contributed by atoms with van der Waals surface area (Å²) in [4.78, 5) is 11.2. The minimum Gasteiger partial charge on any atom is -0.493 e. The summed E-state index contributed by atoms with van der Waals surface area (Å²) in [6.45, 7) is 7.84. The Hall–Kier alpha value is -2.47. The fourth-order valence-corrected chi connectivity index (χ4v) is 3.55. The highest BCUT2D eigenvalue weighted by atomic mass is 35.5. The molecule has 1 atom stereocenters. The van der Waals surface area contributed by atoms with Gasteiger partial charge in [-0.15, -0.1) is 0 Å². The van der Waals surface area contributed by atoms with Crippen molar-refractivity contribution in [3.63, 3.8) is 0 Å². The standard InChI is InChI=1S/C21H23ClFNO4/c1-11(2)28-17-6-5-12(7-15(17)22)13-9-18-14(8-16(13)23)19(24-20(25)26)21(3,4)10-27-18/h5-9,11,19,24H,10H2,1-4H3,(H,25,26). The molecule has 0 fully saturated rings. The molecule has 1 heterocycles. The highest BCUT2D eigenvalue weighted by Gasteiger charge is 2.39. The number of fused-ring (bicyclic) bond motifs is 1. The quantitative estimate of drug-likeness (QED) is 0.686. The fraction of sp³-hybridized carbons (Fsp3) is 0.381. The van der Waals surface area contributed by atoms with Gasteiger partial charge in [0.15, 0.2) is 0 Å². The van der Waals surface area contributed by atoms with Gasteiger partial charge < -0.3 is 19.9 Å². The number of carbonyl (C=O) groups is 1. The predicted molar refractivity (Wildman–Crippen MR) is 106 cm³/mol. The SMILES string of the molecule is CC(C)Oc1ccc(-c2cc3c(cc2F)C(NC(=O)O)C(C)(C)CO3)cc1Cl. The van der Waals surface area contributed by atoms with E-state index in [1.165, 1.54) is 6.07 Å². The van der Waals surface area contributed by atoms with Crippen molar-refractivity contribution in [3.8, 4) is 22.6 Å². The summed E-state index contributed by atoms with van der Waals surface area (Å²) in [7, 11) is 0. The van der Waals surface area contributed by atoms with Crippen LogP contribution in [0.3, 0.4) is 0 Å². The lowest BCUT2D eigenvalue weighted by molar-refractivity contribution is 0.0992. The molecule has 2 aromatic carbocycles. The zero-order valence-corrected chi connectivity index (χ0v) is 16.9. The molecule has 1 unspecified atom stereocenters. The van der Waals surface area contributed by atoms with E-state index in [1.54, 1.807) is 24.3 Å². The molecule has 2 N–H and O–H groups in total. The van der Waals surface area contributed by atoms with Crippen LogP contribution in [0.5, 0.6) is 11.5 Å². The molecule has 0 bridgehead atoms. The summed E-state index contributed by atoms with van der Waals surface area (Å²) in [6, 6.07) is 7.42. The Balaban J connectivity index is 2.02. The van der Waals surface area contributed by atoms with Crippen LogP contribution in [0.1, 0.15) is 39.3 Å². The van der Waals surface area contributed by atoms with E-state index in [1.807, 2.05) is 27.7 Å². The van der Waals surface area contributed by atoms with Crippen molar-refractivity contribution in [1.82, 2.24) is 5.32 Å².